The molecule has 1 fully saturated rings. The molecule has 10 heteroatoms. The number of Topliss-reactive ketones (excluding diaryl/α,β-unsaturated/α-hetero) is 1. The van der Waals surface area contributed by atoms with Crippen molar-refractivity contribution < 1.29 is 37.3 Å². The van der Waals surface area contributed by atoms with Gasteiger partial charge in [0, 0.05) is 28.7 Å². The molecule has 2 aromatic carbocycles. The largest absolute Gasteiger partial charge is 0.611 e. The second-order valence-electron chi connectivity index (χ2n) is 9.60. The molecule has 1 aliphatic heterocycles. The van der Waals surface area contributed by atoms with Crippen LogP contribution in [0.4, 0.5) is 4.39 Å². The van der Waals surface area contributed by atoms with Crippen LogP contribution >= 0.6 is 0 Å². The van der Waals surface area contributed by atoms with E-state index in [1.807, 2.05) is 0 Å². The van der Waals surface area contributed by atoms with Gasteiger partial charge in [-0.15, -0.1) is 0 Å². The second kappa shape index (κ2) is 14.2. The molecule has 3 rings (SSSR count). The number of benzene rings is 2. The number of carbonyl (C=O) groups excluding carboxylic acids is 4. The molecule has 2 N–H and O–H groups in total. The number of esters is 1. The first-order valence-corrected chi connectivity index (χ1v) is 14.3. The van der Waals surface area contributed by atoms with Crippen molar-refractivity contribution in [1.82, 2.24) is 0 Å². The Bertz CT molecular complexity index is 1190. The summed E-state index contributed by atoms with van der Waals surface area (Å²) in [5, 5.41) is -0.463. The Morgan fingerprint density at radius 3 is 2.31 bits per heavy atom. The molecule has 1 aliphatic rings. The fraction of sp³-hybridized carbons (Fsp3) is 0.379. The Balaban J connectivity index is 1.58. The van der Waals surface area contributed by atoms with Gasteiger partial charge in [0.05, 0.1) is 25.1 Å². The van der Waals surface area contributed by atoms with E-state index in [1.165, 1.54) is 30.3 Å². The number of β-lactam (4-membered cyclic amide) rings is 1. The minimum absolute atomic E-state index is 0.00398. The number of carbonyl (C=O) groups is 4. The van der Waals surface area contributed by atoms with Crippen molar-refractivity contribution in [3.05, 3.63) is 83.7 Å². The molecule has 0 radical (unpaired) electrons. The summed E-state index contributed by atoms with van der Waals surface area (Å²) in [6.45, 7) is 4.20. The number of hydrogen-bond donors (Lipinski definition) is 1. The van der Waals surface area contributed by atoms with Gasteiger partial charge >= 0.3 is 11.9 Å². The highest BCUT2D eigenvalue weighted by Gasteiger charge is 2.61. The molecule has 208 valence electrons. The van der Waals surface area contributed by atoms with Crippen LogP contribution in [-0.2, 0) is 31.3 Å². The minimum Gasteiger partial charge on any atom is -0.611 e. The van der Waals surface area contributed by atoms with Crippen LogP contribution in [-0.4, -0.2) is 57.7 Å². The summed E-state index contributed by atoms with van der Waals surface area (Å²) in [4.78, 5) is 48.7. The normalized spacial score (nSPS) is 19.1. The molecule has 0 bridgehead atoms. The number of ether oxygens (including phenoxy) is 1. The standard InChI is InChI=1S/C29H33FN2O6S/c1-2-18-38-29(36)23-9-7-21(8-10-23)20-39(37)28-19-27(35)32(28,17-15-26(31)34)16-5-3-4-6-25(33)22-11-13-24(30)14-12-22/h2,7-14,28H,1,3-6,15-20H2,(H-,31,34)/p+1. The Kier molecular flexibility index (Phi) is 11.0. The van der Waals surface area contributed by atoms with Crippen molar-refractivity contribution >= 4 is 34.7 Å². The summed E-state index contributed by atoms with van der Waals surface area (Å²) in [5.41, 5.74) is 6.95. The monoisotopic (exact) mass is 557 g/mol. The van der Waals surface area contributed by atoms with E-state index in [0.717, 1.165) is 5.56 Å². The van der Waals surface area contributed by atoms with Crippen LogP contribution in [0.1, 0.15) is 64.8 Å². The highest BCUT2D eigenvalue weighted by Crippen LogP contribution is 2.37. The van der Waals surface area contributed by atoms with E-state index in [1.54, 1.807) is 24.3 Å². The molecule has 1 heterocycles. The first kappa shape index (κ1) is 30.2. The minimum atomic E-state index is -1.41. The number of quaternary nitrogens is 1. The van der Waals surface area contributed by atoms with Gasteiger partial charge in [-0.2, -0.15) is 0 Å². The van der Waals surface area contributed by atoms with Gasteiger partial charge in [0.2, 0.25) is 5.91 Å². The Labute approximate surface area is 230 Å². The molecule has 8 nitrogen and oxygen atoms in total. The van der Waals surface area contributed by atoms with E-state index in [9.17, 15) is 28.1 Å². The number of amides is 2. The van der Waals surface area contributed by atoms with Gasteiger partial charge in [-0.3, -0.25) is 9.59 Å². The molecule has 2 amide bonds. The molecular weight excluding hydrogens is 523 g/mol. The lowest BCUT2D eigenvalue weighted by Crippen LogP contribution is -2.72. The van der Waals surface area contributed by atoms with Crippen molar-refractivity contribution in [2.75, 3.05) is 19.7 Å². The van der Waals surface area contributed by atoms with Gasteiger partial charge in [-0.25, -0.2) is 18.5 Å². The number of nitrogens with two attached hydrogens (primary N) is 1. The van der Waals surface area contributed by atoms with Crippen molar-refractivity contribution in [2.24, 2.45) is 5.73 Å². The van der Waals surface area contributed by atoms with Crippen LogP contribution in [0, 0.1) is 5.82 Å². The van der Waals surface area contributed by atoms with E-state index < -0.39 is 34.2 Å². The number of ketones is 1. The average Bonchev–Trinajstić information content (AvgIpc) is 2.92. The van der Waals surface area contributed by atoms with Crippen LogP contribution in [0.25, 0.3) is 0 Å². The topological polar surface area (TPSA) is 127 Å². The lowest BCUT2D eigenvalue weighted by molar-refractivity contribution is -0.891. The van der Waals surface area contributed by atoms with Gasteiger partial charge < -0.3 is 15.0 Å². The maximum absolute atomic E-state index is 13.4. The highest BCUT2D eigenvalue weighted by atomic mass is 32.2. The third-order valence-corrected chi connectivity index (χ3v) is 8.71. The molecule has 2 aromatic rings. The van der Waals surface area contributed by atoms with E-state index in [-0.39, 0.29) is 47.9 Å². The first-order valence-electron chi connectivity index (χ1n) is 12.9. The van der Waals surface area contributed by atoms with E-state index in [2.05, 4.69) is 6.58 Å². The highest BCUT2D eigenvalue weighted by molar-refractivity contribution is 7.91. The summed E-state index contributed by atoms with van der Waals surface area (Å²) in [6.07, 6.45) is 3.80. The zero-order valence-electron chi connectivity index (χ0n) is 21.8. The van der Waals surface area contributed by atoms with Gasteiger partial charge in [0.1, 0.15) is 18.2 Å². The van der Waals surface area contributed by atoms with Gasteiger partial charge in [-0.1, -0.05) is 24.8 Å². The summed E-state index contributed by atoms with van der Waals surface area (Å²) in [6, 6.07) is 12.0. The zero-order chi connectivity index (χ0) is 28.4. The lowest BCUT2D eigenvalue weighted by atomic mass is 10.0. The number of hydrogen-bond acceptors (Lipinski definition) is 6. The van der Waals surface area contributed by atoms with E-state index in [4.69, 9.17) is 10.5 Å². The maximum Gasteiger partial charge on any atom is 0.338 e. The summed E-state index contributed by atoms with van der Waals surface area (Å²) in [7, 11) is 0. The molecule has 0 aromatic heterocycles. The summed E-state index contributed by atoms with van der Waals surface area (Å²) in [5.74, 6) is -1.36. The summed E-state index contributed by atoms with van der Waals surface area (Å²) < 4.78 is 31.4. The predicted molar refractivity (Wildman–Crippen MR) is 145 cm³/mol. The second-order valence-corrected chi connectivity index (χ2v) is 11.2. The van der Waals surface area contributed by atoms with Crippen LogP contribution in [0.15, 0.2) is 61.2 Å². The van der Waals surface area contributed by atoms with Gasteiger partial charge in [0.25, 0.3) is 5.37 Å². The lowest BCUT2D eigenvalue weighted by Gasteiger charge is -2.48. The third-order valence-electron chi connectivity index (χ3n) is 6.92. The number of likely N-dealkylation sites (tertiary alicyclic amines) is 1. The quantitative estimate of drug-likeness (QED) is 0.0636. The fourth-order valence-corrected chi connectivity index (χ4v) is 6.50. The third kappa shape index (κ3) is 8.08. The predicted octanol–water partition coefficient (Wildman–Crippen LogP) is 3.81. The Morgan fingerprint density at radius 2 is 1.69 bits per heavy atom. The smallest absolute Gasteiger partial charge is 0.338 e. The maximum atomic E-state index is 13.4. The number of rotatable bonds is 16. The van der Waals surface area contributed by atoms with Gasteiger partial charge in [0.15, 0.2) is 12.2 Å². The van der Waals surface area contributed by atoms with Crippen molar-refractivity contribution in [3.8, 4) is 0 Å². The number of primary amides is 1. The van der Waals surface area contributed by atoms with Crippen molar-refractivity contribution in [1.29, 1.82) is 0 Å². The molecule has 0 saturated carbocycles. The van der Waals surface area contributed by atoms with Crippen molar-refractivity contribution in [3.63, 3.8) is 0 Å². The fourth-order valence-electron chi connectivity index (χ4n) is 4.68. The number of unbranched alkanes of at least 4 members (excludes halogenated alkanes) is 2. The summed E-state index contributed by atoms with van der Waals surface area (Å²) >= 11 is -1.41. The van der Waals surface area contributed by atoms with E-state index >= 15 is 0 Å². The van der Waals surface area contributed by atoms with Crippen LogP contribution in [0.2, 0.25) is 0 Å². The molecule has 1 saturated heterocycles. The van der Waals surface area contributed by atoms with Crippen molar-refractivity contribution in [2.45, 2.75) is 49.7 Å². The zero-order valence-corrected chi connectivity index (χ0v) is 22.6. The first-order chi connectivity index (χ1) is 18.7. The molecule has 0 aliphatic carbocycles. The van der Waals surface area contributed by atoms with Crippen LogP contribution in [0.3, 0.4) is 0 Å². The average molecular weight is 558 g/mol. The van der Waals surface area contributed by atoms with Gasteiger partial charge in [-0.05, 0) is 55.7 Å². The molecule has 39 heavy (non-hydrogen) atoms. The Morgan fingerprint density at radius 1 is 1.03 bits per heavy atom. The number of halogens is 1. The molecular formula is C29H34FN2O6S+. The molecule has 0 spiro atoms. The Hall–Kier alpha value is -3.34. The van der Waals surface area contributed by atoms with E-state index in [0.29, 0.717) is 43.4 Å². The molecule has 3 unspecified atom stereocenters. The molecule has 3 atom stereocenters. The van der Waals surface area contributed by atoms with Crippen LogP contribution < -0.4 is 5.73 Å². The number of nitrogens with zero attached hydrogens (tertiary/aromatic N) is 1. The SMILES string of the molecule is C=CCOC(=O)c1ccc(C[S+]([O-])C2CC(=O)[N+]2(CCCCCC(=O)c2ccc(F)cc2)CCC(N)=O)cc1. The van der Waals surface area contributed by atoms with Crippen LogP contribution in [0.5, 0.6) is 0 Å².